The Morgan fingerprint density at radius 2 is 1.83 bits per heavy atom. The van der Waals surface area contributed by atoms with Gasteiger partial charge < -0.3 is 10.4 Å². The lowest BCUT2D eigenvalue weighted by atomic mass is 9.98. The summed E-state index contributed by atoms with van der Waals surface area (Å²) >= 11 is 3.25. The Kier molecular flexibility index (Phi) is 9.84. The number of piperazine rings is 1. The van der Waals surface area contributed by atoms with Crippen molar-refractivity contribution in [2.24, 2.45) is 0 Å². The van der Waals surface area contributed by atoms with Crippen LogP contribution in [0.15, 0.2) is 22.7 Å². The van der Waals surface area contributed by atoms with Crippen LogP contribution in [0, 0.1) is 0 Å². The maximum atomic E-state index is 12.6. The summed E-state index contributed by atoms with van der Waals surface area (Å²) in [5.74, 6) is 0.0371. The predicted octanol–water partition coefficient (Wildman–Crippen LogP) is 4.29. The summed E-state index contributed by atoms with van der Waals surface area (Å²) in [5, 5.41) is 13.3. The molecule has 0 bridgehead atoms. The smallest absolute Gasteiger partial charge is 0.389 e. The summed E-state index contributed by atoms with van der Waals surface area (Å²) in [5.41, 5.74) is 0.560. The van der Waals surface area contributed by atoms with Crippen molar-refractivity contribution in [2.45, 2.75) is 25.1 Å². The second-order valence-corrected chi connectivity index (χ2v) is 6.07. The molecule has 3 nitrogen and oxygen atoms in total. The van der Waals surface area contributed by atoms with E-state index in [1.807, 2.05) is 4.90 Å². The van der Waals surface area contributed by atoms with Crippen LogP contribution in [-0.2, 0) is 0 Å². The van der Waals surface area contributed by atoms with Gasteiger partial charge in [-0.25, -0.2) is 0 Å². The second-order valence-electron chi connectivity index (χ2n) is 5.16. The third kappa shape index (κ3) is 7.05. The third-order valence-electron chi connectivity index (χ3n) is 3.65. The minimum Gasteiger partial charge on any atom is -0.508 e. The van der Waals surface area contributed by atoms with E-state index in [2.05, 4.69) is 21.2 Å². The van der Waals surface area contributed by atoms with E-state index in [1.165, 1.54) is 6.07 Å². The van der Waals surface area contributed by atoms with E-state index in [-0.39, 0.29) is 37.0 Å². The van der Waals surface area contributed by atoms with Gasteiger partial charge in [0.1, 0.15) is 5.75 Å². The lowest BCUT2D eigenvalue weighted by molar-refractivity contribution is -0.138. The summed E-state index contributed by atoms with van der Waals surface area (Å²) in [6.45, 7) is 2.86. The minimum atomic E-state index is -4.18. The molecule has 2 N–H and O–H groups in total. The standard InChI is InChI=1S/C14H18BrF3N2O.2ClH/c15-10-1-2-11(13(21)9-10)12(3-4-14(16,17)18)20-7-5-19-6-8-20;;/h1-2,9,12,19,21H,3-8H2;2*1H/t12-;;/m1../s1. The molecule has 1 saturated heterocycles. The van der Waals surface area contributed by atoms with E-state index in [9.17, 15) is 18.3 Å². The SMILES string of the molecule is Cl.Cl.Oc1cc(Br)ccc1[C@@H](CCC(F)(F)F)N1CCNCC1. The molecular formula is C14H20BrCl2F3N2O. The summed E-state index contributed by atoms with van der Waals surface area (Å²) in [4.78, 5) is 2.01. The van der Waals surface area contributed by atoms with Crippen molar-refractivity contribution in [2.75, 3.05) is 26.2 Å². The Bertz CT molecular complexity index is 486. The van der Waals surface area contributed by atoms with Crippen LogP contribution < -0.4 is 5.32 Å². The van der Waals surface area contributed by atoms with Crippen molar-refractivity contribution in [1.82, 2.24) is 10.2 Å². The molecule has 0 unspecified atom stereocenters. The van der Waals surface area contributed by atoms with Crippen LogP contribution in [0.4, 0.5) is 13.2 Å². The van der Waals surface area contributed by atoms with Gasteiger partial charge in [0.15, 0.2) is 0 Å². The van der Waals surface area contributed by atoms with E-state index in [0.717, 1.165) is 13.1 Å². The van der Waals surface area contributed by atoms with Crippen LogP contribution in [0.2, 0.25) is 0 Å². The molecule has 1 atom stereocenters. The lowest BCUT2D eigenvalue weighted by Crippen LogP contribution is -2.45. The predicted molar refractivity (Wildman–Crippen MR) is 92.8 cm³/mol. The van der Waals surface area contributed by atoms with Crippen LogP contribution in [-0.4, -0.2) is 42.4 Å². The van der Waals surface area contributed by atoms with E-state index >= 15 is 0 Å². The highest BCUT2D eigenvalue weighted by Gasteiger charge is 2.32. The molecule has 0 saturated carbocycles. The molecule has 1 fully saturated rings. The van der Waals surface area contributed by atoms with E-state index in [1.54, 1.807) is 12.1 Å². The molecule has 1 aromatic rings. The van der Waals surface area contributed by atoms with Gasteiger partial charge in [-0.05, 0) is 18.6 Å². The fourth-order valence-electron chi connectivity index (χ4n) is 2.63. The van der Waals surface area contributed by atoms with Crippen molar-refractivity contribution in [3.63, 3.8) is 0 Å². The molecule has 23 heavy (non-hydrogen) atoms. The Hall–Kier alpha value is -0.210. The van der Waals surface area contributed by atoms with Crippen LogP contribution >= 0.6 is 40.7 Å². The molecule has 1 aliphatic rings. The molecule has 0 spiro atoms. The molecule has 0 aromatic heterocycles. The average molecular weight is 440 g/mol. The highest BCUT2D eigenvalue weighted by Crippen LogP contribution is 2.36. The molecule has 2 rings (SSSR count). The Morgan fingerprint density at radius 1 is 1.22 bits per heavy atom. The molecule has 1 aromatic carbocycles. The molecule has 1 heterocycles. The molecule has 9 heteroatoms. The topological polar surface area (TPSA) is 35.5 Å². The zero-order chi connectivity index (χ0) is 15.5. The van der Waals surface area contributed by atoms with E-state index in [4.69, 9.17) is 0 Å². The third-order valence-corrected chi connectivity index (χ3v) is 4.14. The van der Waals surface area contributed by atoms with E-state index in [0.29, 0.717) is 23.1 Å². The van der Waals surface area contributed by atoms with Gasteiger partial charge in [0.25, 0.3) is 0 Å². The van der Waals surface area contributed by atoms with Gasteiger partial charge in [0, 0.05) is 48.7 Å². The van der Waals surface area contributed by atoms with Crippen molar-refractivity contribution in [3.8, 4) is 5.75 Å². The number of benzene rings is 1. The monoisotopic (exact) mass is 438 g/mol. The number of nitrogens with one attached hydrogen (secondary N) is 1. The summed E-state index contributed by atoms with van der Waals surface area (Å²) in [7, 11) is 0. The highest BCUT2D eigenvalue weighted by atomic mass is 79.9. The van der Waals surface area contributed by atoms with Crippen molar-refractivity contribution in [3.05, 3.63) is 28.2 Å². The number of phenolic OH excluding ortho intramolecular Hbond substituents is 1. The van der Waals surface area contributed by atoms with Gasteiger partial charge in [0.2, 0.25) is 0 Å². The van der Waals surface area contributed by atoms with Crippen LogP contribution in [0.25, 0.3) is 0 Å². The molecule has 134 valence electrons. The second kappa shape index (κ2) is 9.93. The number of hydrogen-bond acceptors (Lipinski definition) is 3. The molecule has 0 amide bonds. The maximum absolute atomic E-state index is 12.6. The number of alkyl halides is 3. The van der Waals surface area contributed by atoms with Gasteiger partial charge in [0.05, 0.1) is 0 Å². The number of phenols is 1. The fourth-order valence-corrected chi connectivity index (χ4v) is 2.98. The first-order chi connectivity index (χ1) is 9.87. The first-order valence-electron chi connectivity index (χ1n) is 6.87. The minimum absolute atomic E-state index is 0. The zero-order valence-electron chi connectivity index (χ0n) is 12.3. The van der Waals surface area contributed by atoms with Crippen LogP contribution in [0.5, 0.6) is 5.75 Å². The first-order valence-corrected chi connectivity index (χ1v) is 7.66. The number of hydrogen-bond donors (Lipinski definition) is 2. The fraction of sp³-hybridized carbons (Fsp3) is 0.571. The van der Waals surface area contributed by atoms with Gasteiger partial charge >= 0.3 is 6.18 Å². The number of nitrogens with zero attached hydrogens (tertiary/aromatic N) is 1. The van der Waals surface area contributed by atoms with E-state index < -0.39 is 18.6 Å². The van der Waals surface area contributed by atoms with Gasteiger partial charge in [-0.2, -0.15) is 13.2 Å². The molecule has 0 aliphatic carbocycles. The average Bonchev–Trinajstić information content (AvgIpc) is 2.41. The highest BCUT2D eigenvalue weighted by molar-refractivity contribution is 9.10. The molecule has 1 aliphatic heterocycles. The van der Waals surface area contributed by atoms with Crippen molar-refractivity contribution >= 4 is 40.7 Å². The zero-order valence-corrected chi connectivity index (χ0v) is 15.5. The summed E-state index contributed by atoms with van der Waals surface area (Å²) in [6, 6.07) is 4.56. The molecular weight excluding hydrogens is 420 g/mol. The van der Waals surface area contributed by atoms with Gasteiger partial charge in [-0.3, -0.25) is 4.90 Å². The Balaban J connectivity index is 0.00000242. The quantitative estimate of drug-likeness (QED) is 0.734. The summed E-state index contributed by atoms with van der Waals surface area (Å²) < 4.78 is 38.4. The van der Waals surface area contributed by atoms with Gasteiger partial charge in [-0.15, -0.1) is 24.8 Å². The van der Waals surface area contributed by atoms with Gasteiger partial charge in [-0.1, -0.05) is 22.0 Å². The van der Waals surface area contributed by atoms with Crippen LogP contribution in [0.1, 0.15) is 24.4 Å². The maximum Gasteiger partial charge on any atom is 0.389 e. The number of halogens is 6. The Labute approximate surface area is 154 Å². The van der Waals surface area contributed by atoms with Crippen LogP contribution in [0.3, 0.4) is 0 Å². The number of aromatic hydroxyl groups is 1. The van der Waals surface area contributed by atoms with Crippen molar-refractivity contribution in [1.29, 1.82) is 0 Å². The first kappa shape index (κ1) is 22.8. The summed E-state index contributed by atoms with van der Waals surface area (Å²) in [6.07, 6.45) is -5.08. The Morgan fingerprint density at radius 3 is 2.35 bits per heavy atom. The largest absolute Gasteiger partial charge is 0.508 e. The van der Waals surface area contributed by atoms with Crippen molar-refractivity contribution < 1.29 is 18.3 Å². The molecule has 0 radical (unpaired) electrons. The number of rotatable bonds is 4. The lowest BCUT2D eigenvalue weighted by Gasteiger charge is -2.35. The normalized spacial score (nSPS) is 17.0.